The second kappa shape index (κ2) is 11.4. The highest BCUT2D eigenvalue weighted by molar-refractivity contribution is 7.92. The smallest absolute Gasteiger partial charge is 0.229 e. The van der Waals surface area contributed by atoms with Gasteiger partial charge in [-0.15, -0.1) is 24.8 Å². The maximum Gasteiger partial charge on any atom is 0.229 e. The standard InChI is InChI=1S/C19H24N4O4S.2ClH/c1-13-17-7-6-16(11-18(17)22-21-13)27-9-8-20-12-19(24)14-4-3-5-15(10-14)23-28(2,25)26;;/h3-7,10-11,19-20,23-24H,8-9,12H2,1-2H3,(H,21,22);2*1H/t19-;;/m0../s1. The van der Waals surface area contributed by atoms with Crippen LogP contribution in [0, 0.1) is 6.92 Å². The molecule has 0 saturated carbocycles. The molecule has 1 atom stereocenters. The van der Waals surface area contributed by atoms with Crippen LogP contribution in [0.2, 0.25) is 0 Å². The second-order valence-electron chi connectivity index (χ2n) is 6.60. The predicted molar refractivity (Wildman–Crippen MR) is 124 cm³/mol. The van der Waals surface area contributed by atoms with Gasteiger partial charge < -0.3 is 15.2 Å². The first-order valence-electron chi connectivity index (χ1n) is 8.86. The van der Waals surface area contributed by atoms with Gasteiger partial charge in [-0.2, -0.15) is 5.10 Å². The van der Waals surface area contributed by atoms with E-state index < -0.39 is 16.1 Å². The van der Waals surface area contributed by atoms with Crippen LogP contribution in [0.15, 0.2) is 42.5 Å². The molecule has 1 heterocycles. The monoisotopic (exact) mass is 476 g/mol. The van der Waals surface area contributed by atoms with Gasteiger partial charge in [-0.3, -0.25) is 9.82 Å². The van der Waals surface area contributed by atoms with E-state index >= 15 is 0 Å². The first kappa shape index (κ1) is 26.0. The molecule has 3 aromatic rings. The molecule has 0 aliphatic heterocycles. The fourth-order valence-corrected chi connectivity index (χ4v) is 3.39. The summed E-state index contributed by atoms with van der Waals surface area (Å²) in [5.41, 5.74) is 2.93. The molecule has 4 N–H and O–H groups in total. The lowest BCUT2D eigenvalue weighted by Gasteiger charge is -2.14. The van der Waals surface area contributed by atoms with Crippen LogP contribution in [0.1, 0.15) is 17.4 Å². The van der Waals surface area contributed by atoms with Crippen LogP contribution in [0.4, 0.5) is 5.69 Å². The maximum absolute atomic E-state index is 11.3. The number of hydrogen-bond acceptors (Lipinski definition) is 6. The highest BCUT2D eigenvalue weighted by Gasteiger charge is 2.09. The minimum atomic E-state index is -3.35. The Morgan fingerprint density at radius 2 is 1.97 bits per heavy atom. The maximum atomic E-state index is 11.3. The lowest BCUT2D eigenvalue weighted by molar-refractivity contribution is 0.172. The molecular weight excluding hydrogens is 451 g/mol. The van der Waals surface area contributed by atoms with Crippen molar-refractivity contribution in [3.8, 4) is 5.75 Å². The van der Waals surface area contributed by atoms with Crippen LogP contribution < -0.4 is 14.8 Å². The Labute approximate surface area is 188 Å². The fraction of sp³-hybridized carbons (Fsp3) is 0.316. The Morgan fingerprint density at radius 1 is 1.20 bits per heavy atom. The number of anilines is 1. The first-order chi connectivity index (χ1) is 13.3. The zero-order chi connectivity index (χ0) is 20.1. The van der Waals surface area contributed by atoms with Crippen molar-refractivity contribution in [2.24, 2.45) is 0 Å². The van der Waals surface area contributed by atoms with Gasteiger partial charge in [0.2, 0.25) is 10.0 Å². The van der Waals surface area contributed by atoms with E-state index in [1.807, 2.05) is 25.1 Å². The topological polar surface area (TPSA) is 116 Å². The molecule has 0 spiro atoms. The quantitative estimate of drug-likeness (QED) is 0.352. The largest absolute Gasteiger partial charge is 0.492 e. The van der Waals surface area contributed by atoms with Gasteiger partial charge >= 0.3 is 0 Å². The van der Waals surface area contributed by atoms with Crippen molar-refractivity contribution < 1.29 is 18.3 Å². The highest BCUT2D eigenvalue weighted by Crippen LogP contribution is 2.21. The third-order valence-electron chi connectivity index (χ3n) is 4.18. The molecule has 11 heteroatoms. The van der Waals surface area contributed by atoms with Crippen LogP contribution in [0.5, 0.6) is 5.75 Å². The number of aromatic amines is 1. The molecule has 0 aliphatic carbocycles. The van der Waals surface area contributed by atoms with Crippen molar-refractivity contribution in [3.63, 3.8) is 0 Å². The van der Waals surface area contributed by atoms with Crippen molar-refractivity contribution in [3.05, 3.63) is 53.7 Å². The number of benzene rings is 2. The average molecular weight is 477 g/mol. The van der Waals surface area contributed by atoms with E-state index in [-0.39, 0.29) is 24.8 Å². The molecule has 0 amide bonds. The van der Waals surface area contributed by atoms with Crippen LogP contribution in [-0.4, -0.2) is 49.7 Å². The molecular formula is C19H26Cl2N4O4S. The van der Waals surface area contributed by atoms with Gasteiger partial charge in [0, 0.05) is 35.9 Å². The number of ether oxygens (including phenoxy) is 1. The molecule has 0 saturated heterocycles. The van der Waals surface area contributed by atoms with Gasteiger partial charge in [0.25, 0.3) is 0 Å². The summed E-state index contributed by atoms with van der Waals surface area (Å²) in [6.07, 6.45) is 0.326. The van der Waals surface area contributed by atoms with Gasteiger partial charge in [-0.25, -0.2) is 8.42 Å². The summed E-state index contributed by atoms with van der Waals surface area (Å²) in [6, 6.07) is 12.5. The third-order valence-corrected chi connectivity index (χ3v) is 4.78. The van der Waals surface area contributed by atoms with Crippen molar-refractivity contribution in [2.45, 2.75) is 13.0 Å². The second-order valence-corrected chi connectivity index (χ2v) is 8.34. The van der Waals surface area contributed by atoms with E-state index in [1.54, 1.807) is 24.3 Å². The summed E-state index contributed by atoms with van der Waals surface area (Å²) in [7, 11) is -3.35. The number of aliphatic hydroxyl groups excluding tert-OH is 1. The van der Waals surface area contributed by atoms with Crippen molar-refractivity contribution in [1.82, 2.24) is 15.5 Å². The average Bonchev–Trinajstić information content (AvgIpc) is 3.00. The van der Waals surface area contributed by atoms with E-state index in [2.05, 4.69) is 20.2 Å². The van der Waals surface area contributed by atoms with Gasteiger partial charge in [-0.05, 0) is 36.8 Å². The number of sulfonamides is 1. The molecule has 0 aliphatic rings. The number of halogens is 2. The molecule has 166 valence electrons. The number of aliphatic hydroxyl groups is 1. The molecule has 2 aromatic carbocycles. The summed E-state index contributed by atoms with van der Waals surface area (Å²) in [6.45, 7) is 3.29. The summed E-state index contributed by atoms with van der Waals surface area (Å²) in [4.78, 5) is 0. The number of nitrogens with zero attached hydrogens (tertiary/aromatic N) is 1. The number of hydrogen-bond donors (Lipinski definition) is 4. The molecule has 1 aromatic heterocycles. The van der Waals surface area contributed by atoms with Crippen LogP contribution in [-0.2, 0) is 10.0 Å². The number of aryl methyl sites for hydroxylation is 1. The number of fused-ring (bicyclic) bond motifs is 1. The lowest BCUT2D eigenvalue weighted by Crippen LogP contribution is -2.26. The summed E-state index contributed by atoms with van der Waals surface area (Å²) in [5, 5.41) is 21.6. The normalized spacial score (nSPS) is 12.0. The minimum absolute atomic E-state index is 0. The van der Waals surface area contributed by atoms with E-state index in [4.69, 9.17) is 4.74 Å². The van der Waals surface area contributed by atoms with Gasteiger partial charge in [0.1, 0.15) is 12.4 Å². The van der Waals surface area contributed by atoms with Crippen LogP contribution in [0.25, 0.3) is 10.9 Å². The Morgan fingerprint density at radius 3 is 2.70 bits per heavy atom. The van der Waals surface area contributed by atoms with E-state index in [0.717, 1.165) is 28.6 Å². The molecule has 0 bridgehead atoms. The first-order valence-corrected chi connectivity index (χ1v) is 10.7. The molecule has 3 rings (SSSR count). The SMILES string of the molecule is Cc1[nH]nc2cc(OCCNC[C@H](O)c3cccc(NS(C)(=O)=O)c3)ccc12.Cl.Cl. The number of nitrogens with one attached hydrogen (secondary N) is 3. The number of aromatic nitrogens is 2. The summed E-state index contributed by atoms with van der Waals surface area (Å²) < 4.78 is 30.7. The van der Waals surface area contributed by atoms with Gasteiger partial charge in [0.05, 0.1) is 17.9 Å². The predicted octanol–water partition coefficient (Wildman–Crippen LogP) is 2.79. The van der Waals surface area contributed by atoms with Gasteiger partial charge in [-0.1, -0.05) is 12.1 Å². The zero-order valence-corrected chi connectivity index (χ0v) is 19.0. The van der Waals surface area contributed by atoms with E-state index in [0.29, 0.717) is 30.9 Å². The van der Waals surface area contributed by atoms with Crippen LogP contribution >= 0.6 is 24.8 Å². The third kappa shape index (κ3) is 7.33. The molecule has 30 heavy (non-hydrogen) atoms. The summed E-state index contributed by atoms with van der Waals surface area (Å²) in [5.74, 6) is 0.737. The zero-order valence-electron chi connectivity index (χ0n) is 16.6. The van der Waals surface area contributed by atoms with Crippen molar-refractivity contribution >= 4 is 51.4 Å². The van der Waals surface area contributed by atoms with Crippen molar-refractivity contribution in [1.29, 1.82) is 0 Å². The fourth-order valence-electron chi connectivity index (χ4n) is 2.84. The number of rotatable bonds is 9. The molecule has 0 radical (unpaired) electrons. The van der Waals surface area contributed by atoms with Crippen LogP contribution in [0.3, 0.4) is 0 Å². The molecule has 8 nitrogen and oxygen atoms in total. The number of H-pyrrole nitrogens is 1. The minimum Gasteiger partial charge on any atom is -0.492 e. The van der Waals surface area contributed by atoms with Crippen molar-refractivity contribution in [2.75, 3.05) is 30.7 Å². The Kier molecular flexibility index (Phi) is 9.86. The summed E-state index contributed by atoms with van der Waals surface area (Å²) >= 11 is 0. The van der Waals surface area contributed by atoms with E-state index in [1.165, 1.54) is 0 Å². The molecule has 0 unspecified atom stereocenters. The molecule has 0 fully saturated rings. The van der Waals surface area contributed by atoms with E-state index in [9.17, 15) is 13.5 Å². The highest BCUT2D eigenvalue weighted by atomic mass is 35.5. The van der Waals surface area contributed by atoms with Gasteiger partial charge in [0.15, 0.2) is 0 Å². The lowest BCUT2D eigenvalue weighted by atomic mass is 10.1. The Balaban J connectivity index is 0.00000225. The Hall–Kier alpha value is -2.04. The Bertz CT molecular complexity index is 1060.